The molecule has 0 aromatic heterocycles. The quantitative estimate of drug-likeness (QED) is 0.843. The number of carbonyl (C=O) groups is 2. The van der Waals surface area contributed by atoms with Crippen LogP contribution in [0.3, 0.4) is 0 Å². The first-order valence-corrected chi connectivity index (χ1v) is 8.24. The molecule has 1 N–H and O–H groups in total. The average Bonchev–Trinajstić information content (AvgIpc) is 2.61. The Balaban J connectivity index is 1.90. The molecule has 5 heteroatoms. The summed E-state index contributed by atoms with van der Waals surface area (Å²) in [6, 6.07) is 15.3. The molecular formula is C20H24N2O3. The fourth-order valence-electron chi connectivity index (χ4n) is 2.46. The van der Waals surface area contributed by atoms with E-state index in [1.165, 1.54) is 12.5 Å². The largest absolute Gasteiger partial charge is 0.497 e. The van der Waals surface area contributed by atoms with Gasteiger partial charge in [0.25, 0.3) is 0 Å². The van der Waals surface area contributed by atoms with Crippen molar-refractivity contribution < 1.29 is 14.3 Å². The second-order valence-electron chi connectivity index (χ2n) is 5.88. The number of methoxy groups -OCH3 is 1. The summed E-state index contributed by atoms with van der Waals surface area (Å²) in [6.07, 6.45) is 0.239. The Bertz CT molecular complexity index is 726. The smallest absolute Gasteiger partial charge is 0.223 e. The van der Waals surface area contributed by atoms with Crippen LogP contribution in [0.25, 0.3) is 0 Å². The highest BCUT2D eigenvalue weighted by Crippen LogP contribution is 2.21. The first-order chi connectivity index (χ1) is 12.0. The van der Waals surface area contributed by atoms with Crippen molar-refractivity contribution in [1.29, 1.82) is 0 Å². The number of rotatable bonds is 7. The molecule has 0 saturated carbocycles. The second-order valence-corrected chi connectivity index (χ2v) is 5.88. The minimum Gasteiger partial charge on any atom is -0.497 e. The van der Waals surface area contributed by atoms with Crippen LogP contribution in [-0.4, -0.2) is 25.5 Å². The lowest BCUT2D eigenvalue weighted by Gasteiger charge is -2.21. The number of benzene rings is 2. The maximum Gasteiger partial charge on any atom is 0.223 e. The standard InChI is InChI=1S/C20H24N2O3/c1-15-7-9-17(10-8-15)14-21-20(24)11-12-22(16(2)23)18-5-4-6-19(13-18)25-3/h4-10,13H,11-12,14H2,1-3H3,(H,21,24). The van der Waals surface area contributed by atoms with E-state index < -0.39 is 0 Å². The lowest BCUT2D eigenvalue weighted by atomic mass is 10.1. The summed E-state index contributed by atoms with van der Waals surface area (Å²) < 4.78 is 5.19. The van der Waals surface area contributed by atoms with Gasteiger partial charge in [0.1, 0.15) is 5.75 Å². The Labute approximate surface area is 148 Å². The Kier molecular flexibility index (Phi) is 6.57. The van der Waals surface area contributed by atoms with Gasteiger partial charge in [0.15, 0.2) is 0 Å². The third-order valence-electron chi connectivity index (χ3n) is 3.92. The van der Waals surface area contributed by atoms with Crippen LogP contribution in [-0.2, 0) is 16.1 Å². The molecule has 0 aliphatic carbocycles. The minimum absolute atomic E-state index is 0.0882. The van der Waals surface area contributed by atoms with E-state index in [2.05, 4.69) is 5.32 Å². The van der Waals surface area contributed by atoms with Gasteiger partial charge in [-0.1, -0.05) is 35.9 Å². The van der Waals surface area contributed by atoms with Crippen molar-refractivity contribution >= 4 is 17.5 Å². The van der Waals surface area contributed by atoms with Crippen LogP contribution < -0.4 is 15.0 Å². The Morgan fingerprint density at radius 1 is 1.12 bits per heavy atom. The van der Waals surface area contributed by atoms with Gasteiger partial charge in [-0.05, 0) is 24.6 Å². The zero-order valence-electron chi connectivity index (χ0n) is 14.9. The summed E-state index contributed by atoms with van der Waals surface area (Å²) in [5.74, 6) is 0.474. The molecule has 2 aromatic carbocycles. The molecule has 0 unspecified atom stereocenters. The molecule has 0 bridgehead atoms. The van der Waals surface area contributed by atoms with Crippen molar-refractivity contribution in [3.8, 4) is 5.75 Å². The summed E-state index contributed by atoms with van der Waals surface area (Å²) in [4.78, 5) is 25.6. The van der Waals surface area contributed by atoms with E-state index >= 15 is 0 Å². The van der Waals surface area contributed by atoms with Gasteiger partial charge in [0.2, 0.25) is 11.8 Å². The number of aryl methyl sites for hydroxylation is 1. The van der Waals surface area contributed by atoms with Gasteiger partial charge >= 0.3 is 0 Å². The summed E-state index contributed by atoms with van der Waals surface area (Å²) in [5, 5.41) is 2.89. The van der Waals surface area contributed by atoms with Crippen LogP contribution in [0.15, 0.2) is 48.5 Å². The highest BCUT2D eigenvalue weighted by Gasteiger charge is 2.14. The van der Waals surface area contributed by atoms with Crippen LogP contribution in [0.4, 0.5) is 5.69 Å². The van der Waals surface area contributed by atoms with Crippen LogP contribution in [0.1, 0.15) is 24.5 Å². The van der Waals surface area contributed by atoms with E-state index in [0.717, 1.165) is 11.3 Å². The molecule has 0 spiro atoms. The Hall–Kier alpha value is -2.82. The number of nitrogens with one attached hydrogen (secondary N) is 1. The number of hydrogen-bond donors (Lipinski definition) is 1. The molecule has 0 radical (unpaired) electrons. The Morgan fingerprint density at radius 3 is 2.48 bits per heavy atom. The maximum atomic E-state index is 12.1. The van der Waals surface area contributed by atoms with E-state index in [1.807, 2.05) is 49.4 Å². The zero-order valence-corrected chi connectivity index (χ0v) is 14.9. The summed E-state index contributed by atoms with van der Waals surface area (Å²) in [6.45, 7) is 4.32. The third kappa shape index (κ3) is 5.64. The topological polar surface area (TPSA) is 58.6 Å². The molecule has 5 nitrogen and oxygen atoms in total. The minimum atomic E-state index is -0.111. The van der Waals surface area contributed by atoms with Crippen LogP contribution in [0.2, 0.25) is 0 Å². The lowest BCUT2D eigenvalue weighted by molar-refractivity contribution is -0.121. The lowest BCUT2D eigenvalue weighted by Crippen LogP contribution is -2.33. The number of amides is 2. The number of ether oxygens (including phenoxy) is 1. The first-order valence-electron chi connectivity index (χ1n) is 8.24. The van der Waals surface area contributed by atoms with Crippen molar-refractivity contribution in [1.82, 2.24) is 5.32 Å². The van der Waals surface area contributed by atoms with E-state index in [0.29, 0.717) is 18.8 Å². The predicted octanol–water partition coefficient (Wildman–Crippen LogP) is 3.06. The molecule has 0 heterocycles. The van der Waals surface area contributed by atoms with Gasteiger partial charge in [-0.2, -0.15) is 0 Å². The first kappa shape index (κ1) is 18.5. The van der Waals surface area contributed by atoms with E-state index in [1.54, 1.807) is 18.1 Å². The van der Waals surface area contributed by atoms with Crippen LogP contribution >= 0.6 is 0 Å². The van der Waals surface area contributed by atoms with Crippen molar-refractivity contribution in [2.24, 2.45) is 0 Å². The highest BCUT2D eigenvalue weighted by atomic mass is 16.5. The summed E-state index contributed by atoms with van der Waals surface area (Å²) >= 11 is 0. The third-order valence-corrected chi connectivity index (χ3v) is 3.92. The fourth-order valence-corrected chi connectivity index (χ4v) is 2.46. The summed E-state index contributed by atoms with van der Waals surface area (Å²) in [5.41, 5.74) is 2.96. The number of anilines is 1. The van der Waals surface area contributed by atoms with Gasteiger partial charge < -0.3 is 15.0 Å². The SMILES string of the molecule is COc1cccc(N(CCC(=O)NCc2ccc(C)cc2)C(C)=O)c1. The second kappa shape index (κ2) is 8.87. The van der Waals surface area contributed by atoms with Crippen molar-refractivity contribution in [2.45, 2.75) is 26.8 Å². The number of carbonyl (C=O) groups excluding carboxylic acids is 2. The van der Waals surface area contributed by atoms with Gasteiger partial charge in [-0.25, -0.2) is 0 Å². The molecule has 0 fully saturated rings. The van der Waals surface area contributed by atoms with Gasteiger partial charge in [-0.15, -0.1) is 0 Å². The van der Waals surface area contributed by atoms with Gasteiger partial charge in [0, 0.05) is 38.2 Å². The zero-order chi connectivity index (χ0) is 18.2. The van der Waals surface area contributed by atoms with Crippen LogP contribution in [0.5, 0.6) is 5.75 Å². The van der Waals surface area contributed by atoms with Crippen molar-refractivity contribution in [2.75, 3.05) is 18.6 Å². The molecule has 2 aromatic rings. The van der Waals surface area contributed by atoms with Crippen molar-refractivity contribution in [3.63, 3.8) is 0 Å². The predicted molar refractivity (Wildman–Crippen MR) is 98.7 cm³/mol. The number of hydrogen-bond acceptors (Lipinski definition) is 3. The summed E-state index contributed by atoms with van der Waals surface area (Å²) in [7, 11) is 1.58. The number of nitrogens with zero attached hydrogens (tertiary/aromatic N) is 1. The maximum absolute atomic E-state index is 12.1. The molecule has 0 aliphatic rings. The molecule has 2 rings (SSSR count). The molecule has 25 heavy (non-hydrogen) atoms. The molecule has 0 atom stereocenters. The molecule has 132 valence electrons. The highest BCUT2D eigenvalue weighted by molar-refractivity contribution is 5.92. The normalized spacial score (nSPS) is 10.2. The molecule has 0 aliphatic heterocycles. The molecule has 2 amide bonds. The van der Waals surface area contributed by atoms with E-state index in [4.69, 9.17) is 4.74 Å². The van der Waals surface area contributed by atoms with E-state index in [9.17, 15) is 9.59 Å². The van der Waals surface area contributed by atoms with E-state index in [-0.39, 0.29) is 18.2 Å². The van der Waals surface area contributed by atoms with Gasteiger partial charge in [-0.3, -0.25) is 9.59 Å². The molecule has 0 saturated heterocycles. The molecular weight excluding hydrogens is 316 g/mol. The fraction of sp³-hybridized carbons (Fsp3) is 0.300. The average molecular weight is 340 g/mol. The van der Waals surface area contributed by atoms with Gasteiger partial charge in [0.05, 0.1) is 7.11 Å². The monoisotopic (exact) mass is 340 g/mol. The van der Waals surface area contributed by atoms with Crippen LogP contribution in [0, 0.1) is 6.92 Å². The Morgan fingerprint density at radius 2 is 1.84 bits per heavy atom. The van der Waals surface area contributed by atoms with Crippen molar-refractivity contribution in [3.05, 3.63) is 59.7 Å².